The minimum Gasteiger partial charge on any atom is -0.396 e. The molecule has 1 heterocycles. The zero-order valence-electron chi connectivity index (χ0n) is 9.78. The van der Waals surface area contributed by atoms with Crippen LogP contribution in [0, 0.1) is 5.92 Å². The Kier molecular flexibility index (Phi) is 4.17. The summed E-state index contributed by atoms with van der Waals surface area (Å²) in [7, 11) is 1.82. The Morgan fingerprint density at radius 3 is 2.88 bits per heavy atom. The summed E-state index contributed by atoms with van der Waals surface area (Å²) >= 11 is 3.48. The summed E-state index contributed by atoms with van der Waals surface area (Å²) in [6.07, 6.45) is 4.85. The second kappa shape index (κ2) is 5.64. The highest BCUT2D eigenvalue weighted by atomic mass is 79.9. The second-order valence-corrected chi connectivity index (χ2v) is 5.05. The molecule has 5 nitrogen and oxygen atoms in total. The number of halogens is 1. The fourth-order valence-corrected chi connectivity index (χ4v) is 2.78. The van der Waals surface area contributed by atoms with Crippen LogP contribution in [-0.4, -0.2) is 34.8 Å². The van der Waals surface area contributed by atoms with Crippen molar-refractivity contribution >= 4 is 27.6 Å². The van der Waals surface area contributed by atoms with Crippen molar-refractivity contribution in [1.82, 2.24) is 9.97 Å². The van der Waals surface area contributed by atoms with Crippen LogP contribution < -0.4 is 10.6 Å². The minimum absolute atomic E-state index is 0.235. The zero-order valence-corrected chi connectivity index (χ0v) is 11.4. The molecule has 1 aliphatic carbocycles. The van der Waals surface area contributed by atoms with Crippen LogP contribution in [0.3, 0.4) is 0 Å². The summed E-state index contributed by atoms with van der Waals surface area (Å²) in [4.78, 5) is 8.34. The summed E-state index contributed by atoms with van der Waals surface area (Å²) in [5.41, 5.74) is 0. The fraction of sp³-hybridized carbons (Fsp3) is 0.636. The van der Waals surface area contributed by atoms with Gasteiger partial charge in [0.2, 0.25) is 0 Å². The number of anilines is 2. The van der Waals surface area contributed by atoms with E-state index in [9.17, 15) is 5.11 Å². The quantitative estimate of drug-likeness (QED) is 0.792. The normalized spacial score (nSPS) is 23.7. The van der Waals surface area contributed by atoms with Gasteiger partial charge < -0.3 is 15.7 Å². The molecule has 0 radical (unpaired) electrons. The third-order valence-electron chi connectivity index (χ3n) is 3.24. The third-order valence-corrected chi connectivity index (χ3v) is 3.99. The van der Waals surface area contributed by atoms with E-state index in [2.05, 4.69) is 36.5 Å². The minimum atomic E-state index is 0.235. The summed E-state index contributed by atoms with van der Waals surface area (Å²) in [5, 5.41) is 15.7. The van der Waals surface area contributed by atoms with Crippen LogP contribution in [0.5, 0.6) is 0 Å². The van der Waals surface area contributed by atoms with Crippen LogP contribution in [0.15, 0.2) is 10.8 Å². The smallest absolute Gasteiger partial charge is 0.146 e. The number of hydrogen-bond donors (Lipinski definition) is 3. The van der Waals surface area contributed by atoms with Gasteiger partial charge in [-0.05, 0) is 28.8 Å². The molecule has 0 bridgehead atoms. The summed E-state index contributed by atoms with van der Waals surface area (Å²) in [6, 6.07) is 0.302. The van der Waals surface area contributed by atoms with Gasteiger partial charge >= 0.3 is 0 Å². The van der Waals surface area contributed by atoms with E-state index in [1.54, 1.807) is 0 Å². The van der Waals surface area contributed by atoms with Gasteiger partial charge in [-0.15, -0.1) is 0 Å². The maximum absolute atomic E-state index is 9.29. The molecular formula is C11H17BrN4O. The van der Waals surface area contributed by atoms with Gasteiger partial charge in [0.1, 0.15) is 22.4 Å². The topological polar surface area (TPSA) is 70.1 Å². The monoisotopic (exact) mass is 300 g/mol. The molecule has 6 heteroatoms. The Morgan fingerprint density at radius 2 is 2.18 bits per heavy atom. The van der Waals surface area contributed by atoms with Gasteiger partial charge in [-0.1, -0.05) is 6.42 Å². The molecule has 2 rings (SSSR count). The Labute approximate surface area is 109 Å². The molecule has 2 atom stereocenters. The van der Waals surface area contributed by atoms with Crippen molar-refractivity contribution in [1.29, 1.82) is 0 Å². The van der Waals surface area contributed by atoms with Crippen LogP contribution >= 0.6 is 15.9 Å². The fourth-order valence-electron chi connectivity index (χ4n) is 2.27. The average Bonchev–Trinajstić information content (AvgIpc) is 2.79. The van der Waals surface area contributed by atoms with Crippen molar-refractivity contribution in [2.24, 2.45) is 5.92 Å². The molecule has 0 spiro atoms. The first-order valence-corrected chi connectivity index (χ1v) is 6.61. The van der Waals surface area contributed by atoms with Crippen LogP contribution in [0.1, 0.15) is 19.3 Å². The highest BCUT2D eigenvalue weighted by Crippen LogP contribution is 2.32. The first-order chi connectivity index (χ1) is 8.26. The van der Waals surface area contributed by atoms with Crippen molar-refractivity contribution in [2.45, 2.75) is 25.3 Å². The largest absolute Gasteiger partial charge is 0.396 e. The van der Waals surface area contributed by atoms with Crippen molar-refractivity contribution in [2.75, 3.05) is 24.3 Å². The van der Waals surface area contributed by atoms with Gasteiger partial charge in [-0.3, -0.25) is 0 Å². The number of aliphatic hydroxyl groups is 1. The lowest BCUT2D eigenvalue weighted by Crippen LogP contribution is -2.27. The molecular weight excluding hydrogens is 284 g/mol. The van der Waals surface area contributed by atoms with Gasteiger partial charge in [0.05, 0.1) is 0 Å². The predicted molar refractivity (Wildman–Crippen MR) is 71.1 cm³/mol. The molecule has 2 unspecified atom stereocenters. The molecule has 1 aromatic rings. The Bertz CT molecular complexity index is 388. The molecule has 1 fully saturated rings. The van der Waals surface area contributed by atoms with Crippen LogP contribution in [-0.2, 0) is 0 Å². The van der Waals surface area contributed by atoms with E-state index < -0.39 is 0 Å². The van der Waals surface area contributed by atoms with Gasteiger partial charge in [-0.2, -0.15) is 0 Å². The molecule has 1 aliphatic rings. The van der Waals surface area contributed by atoms with E-state index in [0.717, 1.165) is 35.4 Å². The number of hydrogen-bond acceptors (Lipinski definition) is 5. The summed E-state index contributed by atoms with van der Waals surface area (Å²) < 4.78 is 0.839. The third kappa shape index (κ3) is 2.69. The molecule has 1 aromatic heterocycles. The molecule has 94 valence electrons. The lowest BCUT2D eigenvalue weighted by molar-refractivity contribution is 0.222. The Balaban J connectivity index is 2.13. The second-order valence-electron chi connectivity index (χ2n) is 4.26. The molecule has 1 saturated carbocycles. The molecule has 0 amide bonds. The van der Waals surface area contributed by atoms with E-state index >= 15 is 0 Å². The van der Waals surface area contributed by atoms with Gasteiger partial charge in [0, 0.05) is 25.6 Å². The van der Waals surface area contributed by atoms with E-state index in [0.29, 0.717) is 12.0 Å². The van der Waals surface area contributed by atoms with Crippen molar-refractivity contribution in [3.05, 3.63) is 10.8 Å². The highest BCUT2D eigenvalue weighted by Gasteiger charge is 2.27. The Morgan fingerprint density at radius 1 is 1.41 bits per heavy atom. The Hall–Kier alpha value is -0.880. The number of nitrogens with zero attached hydrogens (tertiary/aromatic N) is 2. The van der Waals surface area contributed by atoms with Crippen molar-refractivity contribution < 1.29 is 5.11 Å². The molecule has 0 aromatic carbocycles. The lowest BCUT2D eigenvalue weighted by Gasteiger charge is -2.20. The van der Waals surface area contributed by atoms with Gasteiger partial charge in [0.15, 0.2) is 0 Å². The van der Waals surface area contributed by atoms with Crippen LogP contribution in [0.2, 0.25) is 0 Å². The molecule has 0 aliphatic heterocycles. The SMILES string of the molecule is CNc1ncnc(NC2CCCC2CO)c1Br. The average molecular weight is 301 g/mol. The first kappa shape index (κ1) is 12.6. The van der Waals surface area contributed by atoms with E-state index in [1.807, 2.05) is 7.05 Å². The first-order valence-electron chi connectivity index (χ1n) is 5.82. The summed E-state index contributed by atoms with van der Waals surface area (Å²) in [5.74, 6) is 1.88. The maximum Gasteiger partial charge on any atom is 0.146 e. The summed E-state index contributed by atoms with van der Waals surface area (Å²) in [6.45, 7) is 0.235. The van der Waals surface area contributed by atoms with Gasteiger partial charge in [0.25, 0.3) is 0 Å². The number of aromatic nitrogens is 2. The number of nitrogens with one attached hydrogen (secondary N) is 2. The van der Waals surface area contributed by atoms with E-state index in [1.165, 1.54) is 6.33 Å². The molecule has 17 heavy (non-hydrogen) atoms. The van der Waals surface area contributed by atoms with Crippen LogP contribution in [0.4, 0.5) is 11.6 Å². The standard InChI is InChI=1S/C11H17BrN4O/c1-13-10-9(12)11(15-6-14-10)16-8-4-2-3-7(8)5-17/h6-8,17H,2-5H2,1H3,(H2,13,14,15,16). The van der Waals surface area contributed by atoms with E-state index in [4.69, 9.17) is 0 Å². The lowest BCUT2D eigenvalue weighted by atomic mass is 10.1. The zero-order chi connectivity index (χ0) is 12.3. The molecule has 0 saturated heterocycles. The number of aliphatic hydroxyl groups excluding tert-OH is 1. The number of rotatable bonds is 4. The van der Waals surface area contributed by atoms with Crippen molar-refractivity contribution in [3.8, 4) is 0 Å². The van der Waals surface area contributed by atoms with Crippen LogP contribution in [0.25, 0.3) is 0 Å². The van der Waals surface area contributed by atoms with Crippen molar-refractivity contribution in [3.63, 3.8) is 0 Å². The maximum atomic E-state index is 9.29. The predicted octanol–water partition coefficient (Wildman–Crippen LogP) is 1.85. The highest BCUT2D eigenvalue weighted by molar-refractivity contribution is 9.10. The van der Waals surface area contributed by atoms with E-state index in [-0.39, 0.29) is 6.61 Å². The van der Waals surface area contributed by atoms with Gasteiger partial charge in [-0.25, -0.2) is 9.97 Å². The molecule has 3 N–H and O–H groups in total.